The van der Waals surface area contributed by atoms with Gasteiger partial charge in [-0.2, -0.15) is 0 Å². The first-order valence-corrected chi connectivity index (χ1v) is 8.85. The molecule has 0 saturated heterocycles. The Labute approximate surface area is 126 Å². The summed E-state index contributed by atoms with van der Waals surface area (Å²) in [6.07, 6.45) is 8.58. The molecule has 0 aromatic carbocycles. The second-order valence-electron chi connectivity index (χ2n) is 8.21. The third-order valence-corrected chi connectivity index (χ3v) is 5.80. The molecule has 0 heterocycles. The van der Waals surface area contributed by atoms with Gasteiger partial charge in [0.2, 0.25) is 0 Å². The zero-order valence-corrected chi connectivity index (χ0v) is 14.4. The largest absolute Gasteiger partial charge is 0.314 e. The van der Waals surface area contributed by atoms with Crippen LogP contribution in [0.1, 0.15) is 66.2 Å². The van der Waals surface area contributed by atoms with Gasteiger partial charge in [-0.15, -0.1) is 0 Å². The first kappa shape index (κ1) is 16.3. The van der Waals surface area contributed by atoms with Gasteiger partial charge in [0, 0.05) is 25.2 Å². The van der Waals surface area contributed by atoms with E-state index in [-0.39, 0.29) is 0 Å². The Morgan fingerprint density at radius 3 is 2.20 bits per heavy atom. The molecule has 0 radical (unpaired) electrons. The van der Waals surface area contributed by atoms with Gasteiger partial charge in [0.25, 0.3) is 0 Å². The second-order valence-corrected chi connectivity index (χ2v) is 8.21. The van der Waals surface area contributed by atoms with Crippen molar-refractivity contribution in [3.63, 3.8) is 0 Å². The zero-order valence-electron chi connectivity index (χ0n) is 14.4. The molecule has 2 nitrogen and oxygen atoms in total. The molecule has 0 aromatic rings. The fourth-order valence-electron chi connectivity index (χ4n) is 3.80. The molecule has 1 unspecified atom stereocenters. The molecule has 2 aliphatic rings. The van der Waals surface area contributed by atoms with Crippen LogP contribution in [0, 0.1) is 17.3 Å². The lowest BCUT2D eigenvalue weighted by Gasteiger charge is -2.44. The Bertz CT molecular complexity index is 288. The minimum atomic E-state index is 0.522. The maximum Gasteiger partial charge on any atom is 0.00923 e. The molecule has 0 aromatic heterocycles. The van der Waals surface area contributed by atoms with Crippen molar-refractivity contribution < 1.29 is 0 Å². The smallest absolute Gasteiger partial charge is 0.00923 e. The van der Waals surface area contributed by atoms with Gasteiger partial charge in [0.15, 0.2) is 0 Å². The molecular formula is C18H36N2. The lowest BCUT2D eigenvalue weighted by Crippen LogP contribution is -2.48. The second kappa shape index (κ2) is 6.79. The summed E-state index contributed by atoms with van der Waals surface area (Å²) in [5.41, 5.74) is 0.522. The fourth-order valence-corrected chi connectivity index (χ4v) is 3.80. The van der Waals surface area contributed by atoms with Crippen molar-refractivity contribution in [3.8, 4) is 0 Å². The van der Waals surface area contributed by atoms with Crippen molar-refractivity contribution in [2.45, 2.75) is 78.3 Å². The minimum Gasteiger partial charge on any atom is -0.314 e. The molecular weight excluding hydrogens is 244 g/mol. The highest BCUT2D eigenvalue weighted by Gasteiger charge is 2.38. The summed E-state index contributed by atoms with van der Waals surface area (Å²) in [5, 5.41) is 3.73. The normalized spacial score (nSPS) is 32.9. The van der Waals surface area contributed by atoms with E-state index >= 15 is 0 Å². The van der Waals surface area contributed by atoms with Crippen molar-refractivity contribution in [1.82, 2.24) is 10.2 Å². The summed E-state index contributed by atoms with van der Waals surface area (Å²) in [6, 6.07) is 1.39. The predicted octanol–water partition coefficient (Wildman–Crippen LogP) is 3.91. The molecule has 2 heteroatoms. The van der Waals surface area contributed by atoms with Crippen LogP contribution in [-0.4, -0.2) is 37.1 Å². The quantitative estimate of drug-likeness (QED) is 0.760. The fraction of sp³-hybridized carbons (Fsp3) is 1.00. The summed E-state index contributed by atoms with van der Waals surface area (Å²) < 4.78 is 0. The molecule has 1 atom stereocenters. The molecule has 2 rings (SSSR count). The Balaban J connectivity index is 1.94. The third-order valence-electron chi connectivity index (χ3n) is 5.80. The minimum absolute atomic E-state index is 0.522. The molecule has 0 amide bonds. The van der Waals surface area contributed by atoms with Gasteiger partial charge in [-0.05, 0) is 56.9 Å². The molecule has 0 bridgehead atoms. The van der Waals surface area contributed by atoms with Crippen molar-refractivity contribution in [2.75, 3.05) is 20.1 Å². The van der Waals surface area contributed by atoms with Gasteiger partial charge in [-0.25, -0.2) is 0 Å². The molecule has 2 fully saturated rings. The Morgan fingerprint density at radius 1 is 1.10 bits per heavy atom. The van der Waals surface area contributed by atoms with Crippen molar-refractivity contribution >= 4 is 0 Å². The van der Waals surface area contributed by atoms with Crippen molar-refractivity contribution in [1.29, 1.82) is 0 Å². The Hall–Kier alpha value is -0.0800. The summed E-state index contributed by atoms with van der Waals surface area (Å²) in [5.74, 6) is 1.92. The predicted molar refractivity (Wildman–Crippen MR) is 88.0 cm³/mol. The van der Waals surface area contributed by atoms with Gasteiger partial charge >= 0.3 is 0 Å². The van der Waals surface area contributed by atoms with Gasteiger partial charge in [-0.1, -0.05) is 33.6 Å². The van der Waals surface area contributed by atoms with Crippen LogP contribution in [0.2, 0.25) is 0 Å². The SMILES string of the molecule is CC1CCC(CNC(C)C)(CN(C)C(C)C2CC2)CC1. The number of rotatable bonds is 7. The lowest BCUT2D eigenvalue weighted by molar-refractivity contribution is 0.0754. The zero-order chi connectivity index (χ0) is 14.8. The van der Waals surface area contributed by atoms with Crippen LogP contribution in [0.3, 0.4) is 0 Å². The van der Waals surface area contributed by atoms with E-state index in [4.69, 9.17) is 0 Å². The Kier molecular flexibility index (Phi) is 5.53. The highest BCUT2D eigenvalue weighted by atomic mass is 15.1. The summed E-state index contributed by atoms with van der Waals surface area (Å²) in [6.45, 7) is 11.9. The monoisotopic (exact) mass is 280 g/mol. The van der Waals surface area contributed by atoms with Gasteiger partial charge in [0.05, 0.1) is 0 Å². The number of hydrogen-bond acceptors (Lipinski definition) is 2. The van der Waals surface area contributed by atoms with Gasteiger partial charge < -0.3 is 10.2 Å². The first-order chi connectivity index (χ1) is 9.42. The summed E-state index contributed by atoms with van der Waals surface area (Å²) in [7, 11) is 2.36. The van der Waals surface area contributed by atoms with E-state index in [1.54, 1.807) is 0 Å². The van der Waals surface area contributed by atoms with E-state index in [9.17, 15) is 0 Å². The van der Waals surface area contributed by atoms with Gasteiger partial charge in [0.1, 0.15) is 0 Å². The summed E-state index contributed by atoms with van der Waals surface area (Å²) in [4.78, 5) is 2.66. The molecule has 0 spiro atoms. The molecule has 0 aliphatic heterocycles. The van der Waals surface area contributed by atoms with E-state index in [0.717, 1.165) is 17.9 Å². The van der Waals surface area contributed by atoms with E-state index in [2.05, 4.69) is 45.0 Å². The molecule has 2 saturated carbocycles. The van der Waals surface area contributed by atoms with Crippen molar-refractivity contribution in [2.24, 2.45) is 17.3 Å². The van der Waals surface area contributed by atoms with E-state index < -0.39 is 0 Å². The number of nitrogens with one attached hydrogen (secondary N) is 1. The van der Waals surface area contributed by atoms with Crippen LogP contribution in [0.5, 0.6) is 0 Å². The maximum atomic E-state index is 3.73. The van der Waals surface area contributed by atoms with Crippen LogP contribution >= 0.6 is 0 Å². The van der Waals surface area contributed by atoms with Crippen LogP contribution in [0.4, 0.5) is 0 Å². The number of hydrogen-bond donors (Lipinski definition) is 1. The van der Waals surface area contributed by atoms with Crippen LogP contribution in [0.15, 0.2) is 0 Å². The average Bonchev–Trinajstić information content (AvgIpc) is 3.23. The average molecular weight is 281 g/mol. The third kappa shape index (κ3) is 4.46. The standard InChI is InChI=1S/C18H36N2/c1-14(2)19-12-18(10-8-15(3)9-11-18)13-20(5)16(4)17-6-7-17/h14-17,19H,6-13H2,1-5H3. The van der Waals surface area contributed by atoms with Crippen LogP contribution in [0.25, 0.3) is 0 Å². The molecule has 118 valence electrons. The highest BCUT2D eigenvalue weighted by Crippen LogP contribution is 2.41. The molecule has 2 aliphatic carbocycles. The molecule has 1 N–H and O–H groups in total. The van der Waals surface area contributed by atoms with E-state index in [1.807, 2.05) is 0 Å². The highest BCUT2D eigenvalue weighted by molar-refractivity contribution is 4.92. The van der Waals surface area contributed by atoms with Crippen molar-refractivity contribution in [3.05, 3.63) is 0 Å². The van der Waals surface area contributed by atoms with Crippen LogP contribution in [-0.2, 0) is 0 Å². The topological polar surface area (TPSA) is 15.3 Å². The molecule has 20 heavy (non-hydrogen) atoms. The van der Waals surface area contributed by atoms with E-state index in [0.29, 0.717) is 11.5 Å². The van der Waals surface area contributed by atoms with Gasteiger partial charge in [-0.3, -0.25) is 0 Å². The number of nitrogens with zero attached hydrogens (tertiary/aromatic N) is 1. The van der Waals surface area contributed by atoms with E-state index in [1.165, 1.54) is 51.6 Å². The summed E-state index contributed by atoms with van der Waals surface area (Å²) >= 11 is 0. The first-order valence-electron chi connectivity index (χ1n) is 8.85. The maximum absolute atomic E-state index is 3.73. The lowest BCUT2D eigenvalue weighted by atomic mass is 9.70. The van der Waals surface area contributed by atoms with Crippen LogP contribution < -0.4 is 5.32 Å². The Morgan fingerprint density at radius 2 is 1.70 bits per heavy atom.